The lowest BCUT2D eigenvalue weighted by Crippen LogP contribution is -2.45. The number of carbonyl (C=O) groups excluding carboxylic acids is 2. The third-order valence-corrected chi connectivity index (χ3v) is 6.01. The summed E-state index contributed by atoms with van der Waals surface area (Å²) >= 11 is 3.47. The van der Waals surface area contributed by atoms with Crippen LogP contribution in [0.4, 0.5) is 0 Å². The number of rotatable bonds is 8. The minimum Gasteiger partial charge on any atom is -0.488 e. The van der Waals surface area contributed by atoms with Crippen LogP contribution in [0.15, 0.2) is 62.2 Å². The molecule has 168 valence electrons. The topological polar surface area (TPSA) is 94.8 Å². The van der Waals surface area contributed by atoms with Gasteiger partial charge in [0.25, 0.3) is 5.91 Å². The Labute approximate surface area is 193 Å². The summed E-state index contributed by atoms with van der Waals surface area (Å²) in [6.07, 6.45) is 0.653. The third-order valence-electron chi connectivity index (χ3n) is 5.24. The van der Waals surface area contributed by atoms with E-state index in [0.29, 0.717) is 12.2 Å². The SMILES string of the molecule is CC[C@@H](C)[C@H](NC(=O)c1cc(=O)c2c(OCc3ccccc3Br)cccc2o1)C(=O)OC. The van der Waals surface area contributed by atoms with Crippen LogP contribution >= 0.6 is 15.9 Å². The average molecular weight is 502 g/mol. The molecule has 1 N–H and O–H groups in total. The Morgan fingerprint density at radius 3 is 2.59 bits per heavy atom. The van der Waals surface area contributed by atoms with Gasteiger partial charge in [0.05, 0.1) is 7.11 Å². The van der Waals surface area contributed by atoms with Crippen molar-refractivity contribution in [2.45, 2.75) is 32.9 Å². The summed E-state index contributed by atoms with van der Waals surface area (Å²) in [5.41, 5.74) is 0.714. The Bertz CT molecular complexity index is 1190. The number of hydrogen-bond acceptors (Lipinski definition) is 6. The predicted molar refractivity (Wildman–Crippen MR) is 124 cm³/mol. The Kier molecular flexibility index (Phi) is 7.69. The Morgan fingerprint density at radius 1 is 1.16 bits per heavy atom. The summed E-state index contributed by atoms with van der Waals surface area (Å²) < 4.78 is 17.3. The molecular formula is C24H24BrNO6. The van der Waals surface area contributed by atoms with Gasteiger partial charge in [-0.15, -0.1) is 0 Å². The maximum Gasteiger partial charge on any atom is 0.328 e. The molecule has 1 amide bonds. The molecule has 0 radical (unpaired) electrons. The maximum absolute atomic E-state index is 12.8. The molecule has 3 aromatic rings. The first kappa shape index (κ1) is 23.5. The maximum atomic E-state index is 12.8. The number of amides is 1. The van der Waals surface area contributed by atoms with Gasteiger partial charge in [-0.2, -0.15) is 0 Å². The van der Waals surface area contributed by atoms with E-state index in [0.717, 1.165) is 16.1 Å². The quantitative estimate of drug-likeness (QED) is 0.458. The van der Waals surface area contributed by atoms with Gasteiger partial charge in [-0.05, 0) is 24.1 Å². The number of methoxy groups -OCH3 is 1. The van der Waals surface area contributed by atoms with Crippen LogP contribution in [-0.2, 0) is 16.1 Å². The van der Waals surface area contributed by atoms with Crippen LogP contribution in [0.2, 0.25) is 0 Å². The second-order valence-electron chi connectivity index (χ2n) is 7.34. The van der Waals surface area contributed by atoms with E-state index in [-0.39, 0.29) is 29.3 Å². The molecule has 2 aromatic carbocycles. The van der Waals surface area contributed by atoms with E-state index < -0.39 is 23.3 Å². The van der Waals surface area contributed by atoms with Crippen molar-refractivity contribution in [2.24, 2.45) is 5.92 Å². The summed E-state index contributed by atoms with van der Waals surface area (Å²) in [5, 5.41) is 2.85. The second kappa shape index (κ2) is 10.5. The minimum atomic E-state index is -0.850. The molecule has 0 fully saturated rings. The fourth-order valence-electron chi connectivity index (χ4n) is 3.19. The first-order chi connectivity index (χ1) is 15.3. The highest BCUT2D eigenvalue weighted by Gasteiger charge is 2.28. The molecule has 0 unspecified atom stereocenters. The largest absolute Gasteiger partial charge is 0.488 e. The van der Waals surface area contributed by atoms with Gasteiger partial charge in [-0.3, -0.25) is 9.59 Å². The van der Waals surface area contributed by atoms with Crippen LogP contribution < -0.4 is 15.5 Å². The molecule has 0 aliphatic carbocycles. The fraction of sp³-hybridized carbons (Fsp3) is 0.292. The minimum absolute atomic E-state index is 0.157. The van der Waals surface area contributed by atoms with E-state index in [1.165, 1.54) is 7.11 Å². The van der Waals surface area contributed by atoms with E-state index in [4.69, 9.17) is 13.9 Å². The van der Waals surface area contributed by atoms with Crippen LogP contribution in [0.3, 0.4) is 0 Å². The standard InChI is InChI=1S/C24H24BrNO6/c1-4-14(2)22(24(29)30-3)26-23(28)20-12-17(27)21-18(10-7-11-19(21)32-20)31-13-15-8-5-6-9-16(15)25/h5-12,14,22H,4,13H2,1-3H3,(H,26,28)/t14-,22+/m1/s1. The van der Waals surface area contributed by atoms with Crippen molar-refractivity contribution >= 4 is 38.8 Å². The zero-order valence-corrected chi connectivity index (χ0v) is 19.6. The second-order valence-corrected chi connectivity index (χ2v) is 8.20. The van der Waals surface area contributed by atoms with Gasteiger partial charge in [0.2, 0.25) is 0 Å². The van der Waals surface area contributed by atoms with Crippen molar-refractivity contribution in [3.63, 3.8) is 0 Å². The van der Waals surface area contributed by atoms with Crippen LogP contribution in [0.1, 0.15) is 36.4 Å². The lowest BCUT2D eigenvalue weighted by molar-refractivity contribution is -0.144. The predicted octanol–water partition coefficient (Wildman–Crippen LogP) is 4.45. The van der Waals surface area contributed by atoms with Gasteiger partial charge in [0.15, 0.2) is 11.2 Å². The zero-order valence-electron chi connectivity index (χ0n) is 18.0. The Hall–Kier alpha value is -3.13. The highest BCUT2D eigenvalue weighted by atomic mass is 79.9. The van der Waals surface area contributed by atoms with Crippen LogP contribution in [0.5, 0.6) is 5.75 Å². The summed E-state index contributed by atoms with van der Waals surface area (Å²) in [5.74, 6) is -1.22. The van der Waals surface area contributed by atoms with Gasteiger partial charge < -0.3 is 19.2 Å². The molecule has 1 heterocycles. The molecule has 0 spiro atoms. The zero-order chi connectivity index (χ0) is 23.3. The van der Waals surface area contributed by atoms with Crippen molar-refractivity contribution in [1.82, 2.24) is 5.32 Å². The first-order valence-corrected chi connectivity index (χ1v) is 11.0. The molecular weight excluding hydrogens is 478 g/mol. The van der Waals surface area contributed by atoms with Crippen LogP contribution in [0.25, 0.3) is 11.0 Å². The monoisotopic (exact) mass is 501 g/mol. The number of hydrogen-bond donors (Lipinski definition) is 1. The summed E-state index contributed by atoms with van der Waals surface area (Å²) in [7, 11) is 1.26. The molecule has 0 aliphatic rings. The summed E-state index contributed by atoms with van der Waals surface area (Å²) in [6.45, 7) is 3.98. The van der Waals surface area contributed by atoms with E-state index >= 15 is 0 Å². The Balaban J connectivity index is 1.88. The molecule has 0 saturated carbocycles. The molecule has 3 rings (SSSR count). The summed E-state index contributed by atoms with van der Waals surface area (Å²) in [6, 6.07) is 12.8. The molecule has 32 heavy (non-hydrogen) atoms. The molecule has 0 aliphatic heterocycles. The van der Waals surface area contributed by atoms with Gasteiger partial charge in [-0.25, -0.2) is 4.79 Å². The number of ether oxygens (including phenoxy) is 2. The van der Waals surface area contributed by atoms with Crippen molar-refractivity contribution in [1.29, 1.82) is 0 Å². The molecule has 7 nitrogen and oxygen atoms in total. The van der Waals surface area contributed by atoms with E-state index in [1.807, 2.05) is 38.1 Å². The van der Waals surface area contributed by atoms with Crippen molar-refractivity contribution in [3.8, 4) is 5.75 Å². The molecule has 8 heteroatoms. The summed E-state index contributed by atoms with van der Waals surface area (Å²) in [4.78, 5) is 37.7. The fourth-order valence-corrected chi connectivity index (χ4v) is 3.59. The average Bonchev–Trinajstić information content (AvgIpc) is 2.80. The molecule has 1 aromatic heterocycles. The number of esters is 1. The van der Waals surface area contributed by atoms with E-state index in [2.05, 4.69) is 21.2 Å². The number of carbonyl (C=O) groups is 2. The van der Waals surface area contributed by atoms with E-state index in [1.54, 1.807) is 18.2 Å². The number of benzene rings is 2. The van der Waals surface area contributed by atoms with Crippen molar-refractivity contribution in [3.05, 3.63) is 74.6 Å². The van der Waals surface area contributed by atoms with E-state index in [9.17, 15) is 14.4 Å². The number of fused-ring (bicyclic) bond motifs is 1. The number of halogens is 1. The molecule has 0 saturated heterocycles. The van der Waals surface area contributed by atoms with Crippen LogP contribution in [-0.4, -0.2) is 25.0 Å². The van der Waals surface area contributed by atoms with Crippen molar-refractivity contribution in [2.75, 3.05) is 7.11 Å². The van der Waals surface area contributed by atoms with Gasteiger partial charge >= 0.3 is 5.97 Å². The lowest BCUT2D eigenvalue weighted by atomic mass is 9.99. The van der Waals surface area contributed by atoms with Gasteiger partial charge in [0.1, 0.15) is 29.4 Å². The first-order valence-electron chi connectivity index (χ1n) is 10.2. The lowest BCUT2D eigenvalue weighted by Gasteiger charge is -2.21. The molecule has 0 bridgehead atoms. The third kappa shape index (κ3) is 5.19. The highest BCUT2D eigenvalue weighted by Crippen LogP contribution is 2.26. The number of nitrogens with one attached hydrogen (secondary N) is 1. The van der Waals surface area contributed by atoms with Crippen molar-refractivity contribution < 1.29 is 23.5 Å². The van der Waals surface area contributed by atoms with Gasteiger partial charge in [-0.1, -0.05) is 60.5 Å². The smallest absolute Gasteiger partial charge is 0.328 e. The normalized spacial score (nSPS) is 12.8. The Morgan fingerprint density at radius 2 is 1.91 bits per heavy atom. The molecule has 2 atom stereocenters. The highest BCUT2D eigenvalue weighted by molar-refractivity contribution is 9.10. The van der Waals surface area contributed by atoms with Gasteiger partial charge in [0, 0.05) is 16.1 Å². The van der Waals surface area contributed by atoms with Crippen LogP contribution in [0, 0.1) is 5.92 Å².